The molecule has 3 N–H and O–H groups in total. The van der Waals surface area contributed by atoms with Crippen LogP contribution in [-0.4, -0.2) is 58.9 Å². The van der Waals surface area contributed by atoms with Crippen LogP contribution in [-0.2, 0) is 22.4 Å². The van der Waals surface area contributed by atoms with Gasteiger partial charge in [-0.3, -0.25) is 10.4 Å². The van der Waals surface area contributed by atoms with E-state index in [4.69, 9.17) is 9.47 Å². The van der Waals surface area contributed by atoms with E-state index in [1.165, 1.54) is 0 Å². The number of nitrogens with one attached hydrogen (secondary N) is 2. The number of carbonyl (C=O) groups is 2. The van der Waals surface area contributed by atoms with Crippen LogP contribution < -0.4 is 10.7 Å². The standard InChI is InChI=1S/C32H44N4O5/c1-9-13-26(33-8)25-18-16-24(17-19-25)21-36(35-30(39)41-32(5,6)7)22-28(37)27(20-23-14-11-10-12-15-23)34-29(38)40-31(2,3)4/h9-19,27-28,37H,1,8,20-22H2,2-7H3,(H,34,38)(H,35,39)/b26-13-. The van der Waals surface area contributed by atoms with E-state index in [2.05, 4.69) is 29.0 Å². The topological polar surface area (TPSA) is 112 Å². The molecule has 2 amide bonds. The number of aliphatic hydroxyl groups excluding tert-OH is 1. The SMILES string of the molecule is C=C/C=C(\N=C)c1ccc(CN(CC(O)C(Cc2ccccc2)NC(=O)OC(C)(C)C)NC(=O)OC(C)(C)C)cc1. The van der Waals surface area contributed by atoms with Gasteiger partial charge in [0.15, 0.2) is 0 Å². The van der Waals surface area contributed by atoms with Gasteiger partial charge >= 0.3 is 12.2 Å². The molecule has 2 aromatic carbocycles. The summed E-state index contributed by atoms with van der Waals surface area (Å²) in [4.78, 5) is 29.4. The Bertz CT molecular complexity index is 1180. The molecule has 2 aromatic rings. The number of nitrogens with zero attached hydrogens (tertiary/aromatic N) is 2. The summed E-state index contributed by atoms with van der Waals surface area (Å²) in [5.41, 5.74) is 4.66. The number of aliphatic imine (C=N–C) groups is 1. The zero-order chi connectivity index (χ0) is 30.6. The molecule has 2 atom stereocenters. The molecule has 9 heteroatoms. The number of hydrogen-bond donors (Lipinski definition) is 3. The summed E-state index contributed by atoms with van der Waals surface area (Å²) in [6.45, 7) is 18.2. The van der Waals surface area contributed by atoms with Crippen molar-refractivity contribution < 1.29 is 24.2 Å². The number of hydrogen-bond acceptors (Lipinski definition) is 7. The molecule has 0 fully saturated rings. The van der Waals surface area contributed by atoms with Crippen molar-refractivity contribution in [1.29, 1.82) is 0 Å². The lowest BCUT2D eigenvalue weighted by molar-refractivity contribution is 0.0106. The van der Waals surface area contributed by atoms with E-state index in [-0.39, 0.29) is 13.1 Å². The van der Waals surface area contributed by atoms with E-state index in [1.54, 1.807) is 58.7 Å². The van der Waals surface area contributed by atoms with Crippen molar-refractivity contribution in [2.75, 3.05) is 6.54 Å². The van der Waals surface area contributed by atoms with Gasteiger partial charge in [-0.05, 0) is 71.9 Å². The maximum absolute atomic E-state index is 12.7. The Balaban J connectivity index is 2.29. The fourth-order valence-electron chi connectivity index (χ4n) is 3.90. The zero-order valence-electron chi connectivity index (χ0n) is 25.0. The fourth-order valence-corrected chi connectivity index (χ4v) is 3.90. The van der Waals surface area contributed by atoms with Gasteiger partial charge in [-0.2, -0.15) is 0 Å². The van der Waals surface area contributed by atoms with E-state index in [0.29, 0.717) is 12.1 Å². The number of benzene rings is 2. The van der Waals surface area contributed by atoms with Crippen LogP contribution in [0, 0.1) is 0 Å². The second kappa shape index (κ2) is 15.2. The molecule has 0 heterocycles. The summed E-state index contributed by atoms with van der Waals surface area (Å²) < 4.78 is 10.9. The summed E-state index contributed by atoms with van der Waals surface area (Å²) >= 11 is 0. The highest BCUT2D eigenvalue weighted by atomic mass is 16.6. The van der Waals surface area contributed by atoms with Crippen molar-refractivity contribution in [3.05, 3.63) is 90.0 Å². The van der Waals surface area contributed by atoms with Gasteiger partial charge in [-0.15, -0.1) is 0 Å². The first kappa shape index (κ1) is 33.3. The van der Waals surface area contributed by atoms with E-state index in [1.807, 2.05) is 54.6 Å². The number of hydrazine groups is 1. The number of alkyl carbamates (subject to hydrolysis) is 1. The average Bonchev–Trinajstić information content (AvgIpc) is 2.85. The Hall–Kier alpha value is -3.95. The highest BCUT2D eigenvalue weighted by molar-refractivity contribution is 5.69. The first-order chi connectivity index (χ1) is 19.2. The predicted molar refractivity (Wildman–Crippen MR) is 163 cm³/mol. The zero-order valence-corrected chi connectivity index (χ0v) is 25.0. The van der Waals surface area contributed by atoms with Crippen LogP contribution in [0.1, 0.15) is 58.2 Å². The molecule has 0 aliphatic rings. The summed E-state index contributed by atoms with van der Waals surface area (Å²) in [6.07, 6.45) is 1.38. The monoisotopic (exact) mass is 564 g/mol. The Morgan fingerprint density at radius 1 is 0.951 bits per heavy atom. The normalized spacial score (nSPS) is 13.6. The van der Waals surface area contributed by atoms with Gasteiger partial charge in [0.2, 0.25) is 0 Å². The third kappa shape index (κ3) is 12.8. The van der Waals surface area contributed by atoms with Crippen LogP contribution in [0.3, 0.4) is 0 Å². The molecule has 0 radical (unpaired) electrons. The Morgan fingerprint density at radius 2 is 1.54 bits per heavy atom. The van der Waals surface area contributed by atoms with Crippen molar-refractivity contribution in [2.45, 2.75) is 77.9 Å². The minimum Gasteiger partial charge on any atom is -0.444 e. The number of aliphatic hydroxyl groups is 1. The number of allylic oxidation sites excluding steroid dienone is 2. The fraction of sp³-hybridized carbons (Fsp3) is 0.406. The van der Waals surface area contributed by atoms with Crippen molar-refractivity contribution in [3.8, 4) is 0 Å². The molecular formula is C32H44N4O5. The predicted octanol–water partition coefficient (Wildman–Crippen LogP) is 5.65. The largest absolute Gasteiger partial charge is 0.444 e. The maximum Gasteiger partial charge on any atom is 0.422 e. The highest BCUT2D eigenvalue weighted by Gasteiger charge is 2.28. The molecule has 0 aromatic heterocycles. The second-order valence-electron chi connectivity index (χ2n) is 11.6. The van der Waals surface area contributed by atoms with Crippen molar-refractivity contribution in [2.24, 2.45) is 4.99 Å². The van der Waals surface area contributed by atoms with Crippen LogP contribution in [0.2, 0.25) is 0 Å². The van der Waals surface area contributed by atoms with Crippen LogP contribution in [0.25, 0.3) is 5.70 Å². The van der Waals surface area contributed by atoms with Gasteiger partial charge < -0.3 is 19.9 Å². The number of amides is 2. The van der Waals surface area contributed by atoms with Crippen molar-refractivity contribution in [3.63, 3.8) is 0 Å². The Morgan fingerprint density at radius 3 is 2.07 bits per heavy atom. The number of ether oxygens (including phenoxy) is 2. The van der Waals surface area contributed by atoms with Gasteiger partial charge in [-0.1, -0.05) is 67.3 Å². The highest BCUT2D eigenvalue weighted by Crippen LogP contribution is 2.18. The molecule has 0 aliphatic heterocycles. The molecule has 41 heavy (non-hydrogen) atoms. The van der Waals surface area contributed by atoms with Crippen LogP contribution in [0.4, 0.5) is 9.59 Å². The van der Waals surface area contributed by atoms with E-state index >= 15 is 0 Å². The van der Waals surface area contributed by atoms with E-state index < -0.39 is 35.5 Å². The summed E-state index contributed by atoms with van der Waals surface area (Å²) in [5, 5.41) is 15.8. The smallest absolute Gasteiger partial charge is 0.422 e. The lowest BCUT2D eigenvalue weighted by Gasteiger charge is -2.31. The number of rotatable bonds is 12. The molecule has 0 saturated heterocycles. The average molecular weight is 565 g/mol. The van der Waals surface area contributed by atoms with Gasteiger partial charge in [0, 0.05) is 18.7 Å². The van der Waals surface area contributed by atoms with E-state index in [9.17, 15) is 14.7 Å². The molecule has 222 valence electrons. The first-order valence-electron chi connectivity index (χ1n) is 13.5. The lowest BCUT2D eigenvalue weighted by Crippen LogP contribution is -2.54. The molecule has 9 nitrogen and oxygen atoms in total. The third-order valence-corrected chi connectivity index (χ3v) is 5.59. The van der Waals surface area contributed by atoms with Gasteiger partial charge in [-0.25, -0.2) is 14.6 Å². The Kier molecular flexibility index (Phi) is 12.3. The Labute approximate surface area is 243 Å². The molecule has 2 unspecified atom stereocenters. The molecule has 0 spiro atoms. The van der Waals surface area contributed by atoms with Gasteiger partial charge in [0.25, 0.3) is 0 Å². The third-order valence-electron chi connectivity index (χ3n) is 5.59. The molecule has 0 bridgehead atoms. The van der Waals surface area contributed by atoms with Crippen LogP contribution in [0.5, 0.6) is 0 Å². The van der Waals surface area contributed by atoms with Gasteiger partial charge in [0.05, 0.1) is 17.8 Å². The minimum absolute atomic E-state index is 0.00980. The second-order valence-corrected chi connectivity index (χ2v) is 11.6. The van der Waals surface area contributed by atoms with Gasteiger partial charge in [0.1, 0.15) is 11.2 Å². The van der Waals surface area contributed by atoms with Crippen molar-refractivity contribution >= 4 is 24.6 Å². The minimum atomic E-state index is -1.08. The number of carbonyl (C=O) groups excluding carboxylic acids is 2. The summed E-state index contributed by atoms with van der Waals surface area (Å²) in [5.74, 6) is 0. The summed E-state index contributed by atoms with van der Waals surface area (Å²) in [6, 6.07) is 16.4. The summed E-state index contributed by atoms with van der Waals surface area (Å²) in [7, 11) is 0. The maximum atomic E-state index is 12.7. The first-order valence-corrected chi connectivity index (χ1v) is 13.5. The lowest BCUT2D eigenvalue weighted by atomic mass is 10.0. The molecule has 2 rings (SSSR count). The molecular weight excluding hydrogens is 520 g/mol. The quantitative estimate of drug-likeness (QED) is 0.174. The molecule has 0 aliphatic carbocycles. The van der Waals surface area contributed by atoms with Crippen LogP contribution in [0.15, 0.2) is 78.3 Å². The molecule has 0 saturated carbocycles. The van der Waals surface area contributed by atoms with E-state index in [0.717, 1.165) is 16.7 Å². The van der Waals surface area contributed by atoms with Crippen molar-refractivity contribution in [1.82, 2.24) is 15.8 Å². The van der Waals surface area contributed by atoms with Crippen LogP contribution >= 0.6 is 0 Å².